The van der Waals surface area contributed by atoms with Gasteiger partial charge >= 0.3 is 70.2 Å². The molecule has 16 heavy (non-hydrogen) atoms. The zero-order chi connectivity index (χ0) is 11.6. The first-order chi connectivity index (χ1) is 6.20. The number of rotatable bonds is 4. The molecule has 6 heteroatoms. The van der Waals surface area contributed by atoms with Crippen molar-refractivity contribution in [1.29, 1.82) is 0 Å². The zero-order valence-corrected chi connectivity index (χ0v) is 14.2. The maximum Gasteiger partial charge on any atom is 1.00 e. The van der Waals surface area contributed by atoms with E-state index in [1.165, 1.54) is 0 Å². The third-order valence-corrected chi connectivity index (χ3v) is 2.60. The summed E-state index contributed by atoms with van der Waals surface area (Å²) in [5.74, 6) is -3.13. The van der Waals surface area contributed by atoms with Gasteiger partial charge in [0.15, 0.2) is 0 Å². The Bertz CT molecular complexity index is 234. The molecule has 0 fully saturated rings. The van der Waals surface area contributed by atoms with Crippen LogP contribution in [0.5, 0.6) is 0 Å². The van der Waals surface area contributed by atoms with Crippen molar-refractivity contribution in [2.75, 3.05) is 0 Å². The summed E-state index contributed by atoms with van der Waals surface area (Å²) in [6, 6.07) is 0. The second-order valence-corrected chi connectivity index (χ2v) is 4.48. The fourth-order valence-corrected chi connectivity index (χ4v) is 1.65. The van der Waals surface area contributed by atoms with E-state index >= 15 is 0 Å². The first kappa shape index (κ1) is 22.4. The molecule has 0 bridgehead atoms. The van der Waals surface area contributed by atoms with E-state index in [2.05, 4.69) is 0 Å². The van der Waals surface area contributed by atoms with E-state index in [-0.39, 0.29) is 76.7 Å². The summed E-state index contributed by atoms with van der Waals surface area (Å²) >= 11 is 0. The second-order valence-electron chi connectivity index (χ2n) is 4.48. The van der Waals surface area contributed by atoms with Gasteiger partial charge in [-0.3, -0.25) is 0 Å². The molecule has 0 radical (unpaired) electrons. The van der Waals surface area contributed by atoms with Crippen LogP contribution in [0.15, 0.2) is 0 Å². The third kappa shape index (κ3) is 4.45. The standard InChI is InChI=1S/C10H18O4.K.Li/c1-5-6-10(7(11)12,8(13)14)9(2,3)4;;/h5-6H2,1-4H3,(H,11,12)(H,13,14);;/q;2*+1/p-2. The zero-order valence-electron chi connectivity index (χ0n) is 11.0. The van der Waals surface area contributed by atoms with Crippen LogP contribution in [0.2, 0.25) is 0 Å². The Morgan fingerprint density at radius 2 is 1.38 bits per heavy atom. The van der Waals surface area contributed by atoms with E-state index in [9.17, 15) is 19.8 Å². The molecule has 0 saturated heterocycles. The summed E-state index contributed by atoms with van der Waals surface area (Å²) in [4.78, 5) is 21.9. The molecular weight excluding hydrogens is 230 g/mol. The largest absolute Gasteiger partial charge is 1.00 e. The molecule has 4 nitrogen and oxygen atoms in total. The van der Waals surface area contributed by atoms with E-state index < -0.39 is 22.8 Å². The van der Waals surface area contributed by atoms with Gasteiger partial charge in [0.25, 0.3) is 0 Å². The molecule has 0 saturated carbocycles. The maximum absolute atomic E-state index is 11.0. The van der Waals surface area contributed by atoms with Gasteiger partial charge in [0.1, 0.15) is 0 Å². The second kappa shape index (κ2) is 8.31. The Balaban J connectivity index is -0.000000845. The molecule has 0 aromatic heterocycles. The maximum atomic E-state index is 11.0. The van der Waals surface area contributed by atoms with Crippen molar-refractivity contribution in [1.82, 2.24) is 0 Å². The van der Waals surface area contributed by atoms with Crippen LogP contribution in [-0.2, 0) is 9.59 Å². The average molecular weight is 246 g/mol. The molecule has 0 heterocycles. The Morgan fingerprint density at radius 1 is 1.06 bits per heavy atom. The molecule has 0 aliphatic rings. The van der Waals surface area contributed by atoms with E-state index in [1.807, 2.05) is 0 Å². The fraction of sp³-hybridized carbons (Fsp3) is 0.800. The molecule has 0 N–H and O–H groups in total. The van der Waals surface area contributed by atoms with Gasteiger partial charge in [-0.15, -0.1) is 0 Å². The molecule has 0 amide bonds. The van der Waals surface area contributed by atoms with Crippen LogP contribution in [0.25, 0.3) is 0 Å². The summed E-state index contributed by atoms with van der Waals surface area (Å²) in [6.07, 6.45) is 0.487. The Morgan fingerprint density at radius 3 is 1.44 bits per heavy atom. The molecule has 82 valence electrons. The fourth-order valence-electron chi connectivity index (χ4n) is 1.65. The Hall–Kier alpha value is 1.17. The third-order valence-electron chi connectivity index (χ3n) is 2.60. The molecule has 0 aromatic carbocycles. The van der Waals surface area contributed by atoms with Crippen molar-refractivity contribution < 1.29 is 90.0 Å². The van der Waals surface area contributed by atoms with Gasteiger partial charge in [-0.25, -0.2) is 0 Å². The number of carboxylic acids is 2. The number of hydrogen-bond acceptors (Lipinski definition) is 4. The van der Waals surface area contributed by atoms with Gasteiger partial charge in [-0.05, 0) is 11.8 Å². The van der Waals surface area contributed by atoms with Gasteiger partial charge in [-0.2, -0.15) is 0 Å². The molecule has 0 aromatic rings. The van der Waals surface area contributed by atoms with E-state index in [4.69, 9.17) is 0 Å². The minimum absolute atomic E-state index is 0. The predicted octanol–water partition coefficient (Wildman–Crippen LogP) is -6.67. The molecule has 0 rings (SSSR count). The van der Waals surface area contributed by atoms with E-state index in [0.717, 1.165) is 0 Å². The van der Waals surface area contributed by atoms with Gasteiger partial charge < -0.3 is 19.8 Å². The summed E-state index contributed by atoms with van der Waals surface area (Å²) in [7, 11) is 0. The number of carboxylic acid groups (broad SMARTS) is 2. The minimum Gasteiger partial charge on any atom is -0.549 e. The first-order valence-corrected chi connectivity index (χ1v) is 4.63. The number of carbonyl (C=O) groups excluding carboxylic acids is 2. The SMILES string of the molecule is CCCC(C(=O)[O-])(C(=O)[O-])C(C)(C)C.[K+].[Li+]. The van der Waals surface area contributed by atoms with Crippen molar-refractivity contribution in [2.24, 2.45) is 10.8 Å². The van der Waals surface area contributed by atoms with Crippen LogP contribution in [0.1, 0.15) is 40.5 Å². The van der Waals surface area contributed by atoms with Crippen molar-refractivity contribution >= 4 is 11.9 Å². The Labute approximate surface area is 151 Å². The van der Waals surface area contributed by atoms with Gasteiger partial charge in [0.05, 0.1) is 17.4 Å². The summed E-state index contributed by atoms with van der Waals surface area (Å²) in [5, 5.41) is 21.9. The number of aliphatic carboxylic acids is 2. The minimum atomic E-state index is -1.90. The molecule has 0 atom stereocenters. The van der Waals surface area contributed by atoms with Crippen molar-refractivity contribution in [3.63, 3.8) is 0 Å². The van der Waals surface area contributed by atoms with Crippen molar-refractivity contribution in [3.05, 3.63) is 0 Å². The van der Waals surface area contributed by atoms with Crippen molar-refractivity contribution in [3.8, 4) is 0 Å². The van der Waals surface area contributed by atoms with Gasteiger partial charge in [0.2, 0.25) is 0 Å². The smallest absolute Gasteiger partial charge is 0.549 e. The van der Waals surface area contributed by atoms with E-state index in [0.29, 0.717) is 6.42 Å². The van der Waals surface area contributed by atoms with Crippen LogP contribution in [0.4, 0.5) is 0 Å². The van der Waals surface area contributed by atoms with Crippen LogP contribution in [0, 0.1) is 10.8 Å². The molecule has 0 spiro atoms. The summed E-state index contributed by atoms with van der Waals surface area (Å²) < 4.78 is 0. The summed E-state index contributed by atoms with van der Waals surface area (Å²) in [5.41, 5.74) is -2.82. The van der Waals surface area contributed by atoms with Gasteiger partial charge in [0, 0.05) is 0 Å². The molecular formula is C10H16KLiO4. The van der Waals surface area contributed by atoms with Gasteiger partial charge in [-0.1, -0.05) is 34.1 Å². The monoisotopic (exact) mass is 246 g/mol. The molecule has 0 aliphatic heterocycles. The number of carbonyl (C=O) groups is 2. The van der Waals surface area contributed by atoms with Crippen molar-refractivity contribution in [2.45, 2.75) is 40.5 Å². The number of hydrogen-bond donors (Lipinski definition) is 0. The van der Waals surface area contributed by atoms with E-state index in [1.54, 1.807) is 27.7 Å². The molecule has 0 aliphatic carbocycles. The van der Waals surface area contributed by atoms with Crippen LogP contribution in [0.3, 0.4) is 0 Å². The first-order valence-electron chi connectivity index (χ1n) is 4.63. The predicted molar refractivity (Wildman–Crippen MR) is 46.8 cm³/mol. The summed E-state index contributed by atoms with van der Waals surface area (Å²) in [6.45, 7) is 6.42. The van der Waals surface area contributed by atoms with Crippen LogP contribution in [-0.4, -0.2) is 11.9 Å². The Kier molecular flexibility index (Phi) is 11.6. The normalized spacial score (nSPS) is 11.0. The topological polar surface area (TPSA) is 80.3 Å². The van der Waals surface area contributed by atoms with Crippen LogP contribution < -0.4 is 80.5 Å². The average Bonchev–Trinajstić information content (AvgIpc) is 1.95. The molecule has 0 unspecified atom stereocenters. The quantitative estimate of drug-likeness (QED) is 0.365. The van der Waals surface area contributed by atoms with Crippen LogP contribution >= 0.6 is 0 Å².